The first kappa shape index (κ1) is 19.5. The minimum atomic E-state index is 0.317. The van der Waals surface area contributed by atoms with Crippen LogP contribution in [-0.2, 0) is 11.3 Å². The number of hydrogen-bond donors (Lipinski definition) is 2. The minimum absolute atomic E-state index is 0.317. The number of rotatable bonds is 9. The van der Waals surface area contributed by atoms with Crippen LogP contribution in [0.2, 0.25) is 0 Å². The van der Waals surface area contributed by atoms with Crippen LogP contribution in [-0.4, -0.2) is 43.4 Å². The second-order valence-electron chi connectivity index (χ2n) is 6.20. The van der Waals surface area contributed by atoms with E-state index in [9.17, 15) is 0 Å². The standard InChI is InChI=1S/C19H32N4O2/c1-3-20-19(22-12-13-24-4-2)23-15-16-10-11-21-18(14-16)25-17-8-6-5-7-9-17/h10-11,14,17H,3-9,12-13,15H2,1-2H3,(H2,20,22,23). The number of aliphatic imine (C=N–C) groups is 1. The van der Waals surface area contributed by atoms with E-state index in [1.165, 1.54) is 19.3 Å². The monoisotopic (exact) mass is 348 g/mol. The van der Waals surface area contributed by atoms with Gasteiger partial charge in [0.1, 0.15) is 6.10 Å². The SMILES string of the molecule is CCNC(=NCc1ccnc(OC2CCCCC2)c1)NCCOCC. The molecule has 25 heavy (non-hydrogen) atoms. The number of guanidine groups is 1. The van der Waals surface area contributed by atoms with E-state index in [0.29, 0.717) is 25.1 Å². The molecule has 0 atom stereocenters. The summed E-state index contributed by atoms with van der Waals surface area (Å²) in [6, 6.07) is 3.99. The predicted molar refractivity (Wildman–Crippen MR) is 101 cm³/mol. The molecule has 1 saturated carbocycles. The van der Waals surface area contributed by atoms with Crippen molar-refractivity contribution in [3.05, 3.63) is 23.9 Å². The van der Waals surface area contributed by atoms with Gasteiger partial charge >= 0.3 is 0 Å². The first-order valence-electron chi connectivity index (χ1n) is 9.53. The van der Waals surface area contributed by atoms with E-state index in [2.05, 4.69) is 27.5 Å². The van der Waals surface area contributed by atoms with Crippen molar-refractivity contribution < 1.29 is 9.47 Å². The highest BCUT2D eigenvalue weighted by Gasteiger charge is 2.15. The molecule has 0 unspecified atom stereocenters. The summed E-state index contributed by atoms with van der Waals surface area (Å²) in [6.07, 6.45) is 8.24. The molecule has 2 N–H and O–H groups in total. The van der Waals surface area contributed by atoms with Gasteiger partial charge in [0.15, 0.2) is 5.96 Å². The van der Waals surface area contributed by atoms with E-state index in [0.717, 1.165) is 44.1 Å². The van der Waals surface area contributed by atoms with Gasteiger partial charge in [-0.25, -0.2) is 9.98 Å². The van der Waals surface area contributed by atoms with Gasteiger partial charge in [-0.15, -0.1) is 0 Å². The Balaban J connectivity index is 1.87. The average molecular weight is 348 g/mol. The van der Waals surface area contributed by atoms with Crippen LogP contribution < -0.4 is 15.4 Å². The smallest absolute Gasteiger partial charge is 0.213 e. The Hall–Kier alpha value is -1.82. The molecule has 0 aliphatic heterocycles. The van der Waals surface area contributed by atoms with Gasteiger partial charge in [0.05, 0.1) is 13.2 Å². The first-order valence-corrected chi connectivity index (χ1v) is 9.53. The fraction of sp³-hybridized carbons (Fsp3) is 0.684. The van der Waals surface area contributed by atoms with Gasteiger partial charge in [-0.05, 0) is 51.2 Å². The summed E-state index contributed by atoms with van der Waals surface area (Å²) in [5.74, 6) is 1.52. The van der Waals surface area contributed by atoms with Crippen molar-refractivity contribution in [1.82, 2.24) is 15.6 Å². The van der Waals surface area contributed by atoms with E-state index in [1.54, 1.807) is 6.20 Å². The van der Waals surface area contributed by atoms with Gasteiger partial charge < -0.3 is 20.1 Å². The maximum absolute atomic E-state index is 6.03. The highest BCUT2D eigenvalue weighted by molar-refractivity contribution is 5.79. The molecule has 1 fully saturated rings. The number of pyridine rings is 1. The lowest BCUT2D eigenvalue weighted by Gasteiger charge is -2.22. The third-order valence-corrected chi connectivity index (χ3v) is 4.15. The van der Waals surface area contributed by atoms with Gasteiger partial charge in [0.2, 0.25) is 5.88 Å². The van der Waals surface area contributed by atoms with Crippen molar-refractivity contribution in [2.75, 3.05) is 26.3 Å². The predicted octanol–water partition coefficient (Wildman–Crippen LogP) is 2.88. The second kappa shape index (κ2) is 11.7. The zero-order chi connectivity index (χ0) is 17.7. The molecular formula is C19H32N4O2. The van der Waals surface area contributed by atoms with E-state index in [1.807, 2.05) is 19.1 Å². The average Bonchev–Trinajstić information content (AvgIpc) is 2.64. The van der Waals surface area contributed by atoms with Crippen molar-refractivity contribution >= 4 is 5.96 Å². The molecule has 0 bridgehead atoms. The summed E-state index contributed by atoms with van der Waals surface area (Å²) >= 11 is 0. The summed E-state index contributed by atoms with van der Waals surface area (Å²) in [6.45, 7) is 7.62. The maximum Gasteiger partial charge on any atom is 0.213 e. The molecule has 1 heterocycles. The molecule has 1 aromatic heterocycles. The molecule has 0 aromatic carbocycles. The van der Waals surface area contributed by atoms with Crippen LogP contribution in [0.15, 0.2) is 23.3 Å². The van der Waals surface area contributed by atoms with Crippen molar-refractivity contribution in [3.8, 4) is 5.88 Å². The Labute approximate surface area is 151 Å². The largest absolute Gasteiger partial charge is 0.474 e. The number of aromatic nitrogens is 1. The summed E-state index contributed by atoms with van der Waals surface area (Å²) in [7, 11) is 0. The van der Waals surface area contributed by atoms with Gasteiger partial charge in [-0.3, -0.25) is 0 Å². The summed E-state index contributed by atoms with van der Waals surface area (Å²) in [5.41, 5.74) is 1.10. The Kier molecular flexibility index (Phi) is 9.12. The third kappa shape index (κ3) is 7.73. The Morgan fingerprint density at radius 3 is 2.84 bits per heavy atom. The van der Waals surface area contributed by atoms with Crippen LogP contribution >= 0.6 is 0 Å². The topological polar surface area (TPSA) is 67.8 Å². The maximum atomic E-state index is 6.03. The van der Waals surface area contributed by atoms with E-state index >= 15 is 0 Å². The zero-order valence-electron chi connectivity index (χ0n) is 15.6. The fourth-order valence-electron chi connectivity index (χ4n) is 2.87. The van der Waals surface area contributed by atoms with Gasteiger partial charge in [0.25, 0.3) is 0 Å². The normalized spacial score (nSPS) is 15.8. The molecule has 1 aliphatic carbocycles. The van der Waals surface area contributed by atoms with E-state index < -0.39 is 0 Å². The molecule has 6 heteroatoms. The molecular weight excluding hydrogens is 316 g/mol. The Bertz CT molecular complexity index is 516. The molecule has 0 amide bonds. The van der Waals surface area contributed by atoms with Crippen LogP contribution in [0.5, 0.6) is 5.88 Å². The highest BCUT2D eigenvalue weighted by atomic mass is 16.5. The van der Waals surface area contributed by atoms with Crippen molar-refractivity contribution in [2.45, 2.75) is 58.6 Å². The van der Waals surface area contributed by atoms with E-state index in [-0.39, 0.29) is 0 Å². The van der Waals surface area contributed by atoms with Crippen LogP contribution in [0.1, 0.15) is 51.5 Å². The van der Waals surface area contributed by atoms with Gasteiger partial charge in [0, 0.05) is 32.0 Å². The van der Waals surface area contributed by atoms with Crippen LogP contribution in [0, 0.1) is 0 Å². The zero-order valence-corrected chi connectivity index (χ0v) is 15.6. The lowest BCUT2D eigenvalue weighted by atomic mass is 9.98. The summed E-state index contributed by atoms with van der Waals surface area (Å²) in [4.78, 5) is 8.97. The van der Waals surface area contributed by atoms with Crippen molar-refractivity contribution in [3.63, 3.8) is 0 Å². The van der Waals surface area contributed by atoms with Crippen LogP contribution in [0.3, 0.4) is 0 Å². The highest BCUT2D eigenvalue weighted by Crippen LogP contribution is 2.22. The summed E-state index contributed by atoms with van der Waals surface area (Å²) in [5, 5.41) is 6.52. The minimum Gasteiger partial charge on any atom is -0.474 e. The van der Waals surface area contributed by atoms with Gasteiger partial charge in [-0.2, -0.15) is 0 Å². The summed E-state index contributed by atoms with van der Waals surface area (Å²) < 4.78 is 11.4. The van der Waals surface area contributed by atoms with E-state index in [4.69, 9.17) is 9.47 Å². The lowest BCUT2D eigenvalue weighted by molar-refractivity contribution is 0.148. The molecule has 0 spiro atoms. The molecule has 6 nitrogen and oxygen atoms in total. The molecule has 0 saturated heterocycles. The van der Waals surface area contributed by atoms with Crippen LogP contribution in [0.25, 0.3) is 0 Å². The lowest BCUT2D eigenvalue weighted by Crippen LogP contribution is -2.39. The molecule has 0 radical (unpaired) electrons. The number of ether oxygens (including phenoxy) is 2. The number of hydrogen-bond acceptors (Lipinski definition) is 4. The number of nitrogens with zero attached hydrogens (tertiary/aromatic N) is 2. The van der Waals surface area contributed by atoms with Crippen LogP contribution in [0.4, 0.5) is 0 Å². The Morgan fingerprint density at radius 2 is 2.08 bits per heavy atom. The molecule has 1 aromatic rings. The molecule has 2 rings (SSSR count). The quantitative estimate of drug-likeness (QED) is 0.408. The first-order chi connectivity index (χ1) is 12.3. The van der Waals surface area contributed by atoms with Crippen molar-refractivity contribution in [2.24, 2.45) is 4.99 Å². The second-order valence-corrected chi connectivity index (χ2v) is 6.20. The Morgan fingerprint density at radius 1 is 1.24 bits per heavy atom. The third-order valence-electron chi connectivity index (χ3n) is 4.15. The molecule has 1 aliphatic rings. The van der Waals surface area contributed by atoms with Crippen molar-refractivity contribution in [1.29, 1.82) is 0 Å². The number of nitrogens with one attached hydrogen (secondary N) is 2. The van der Waals surface area contributed by atoms with Gasteiger partial charge in [-0.1, -0.05) is 6.42 Å². The molecule has 140 valence electrons. The fourth-order valence-corrected chi connectivity index (χ4v) is 2.87.